The van der Waals surface area contributed by atoms with E-state index in [4.69, 9.17) is 14.2 Å². The van der Waals surface area contributed by atoms with Gasteiger partial charge in [0.1, 0.15) is 5.75 Å². The fourth-order valence-electron chi connectivity index (χ4n) is 3.58. The van der Waals surface area contributed by atoms with E-state index in [1.54, 1.807) is 13.2 Å². The van der Waals surface area contributed by atoms with Crippen molar-refractivity contribution in [2.75, 3.05) is 46.5 Å². The van der Waals surface area contributed by atoms with Gasteiger partial charge in [0.15, 0.2) is 11.5 Å². The van der Waals surface area contributed by atoms with Crippen LogP contribution in [0.2, 0.25) is 0 Å². The first-order valence-corrected chi connectivity index (χ1v) is 10.8. The van der Waals surface area contributed by atoms with Crippen LogP contribution in [0.5, 0.6) is 17.2 Å². The molecule has 1 heterocycles. The Balaban J connectivity index is 1.50. The number of carbonyl (C=O) groups excluding carboxylic acids is 1. The first-order chi connectivity index (χ1) is 15.1. The minimum absolute atomic E-state index is 0.0366. The minimum atomic E-state index is 0.0366. The average molecular weight is 425 g/mol. The molecule has 6 nitrogen and oxygen atoms in total. The molecule has 1 aliphatic heterocycles. The lowest BCUT2D eigenvalue weighted by Crippen LogP contribution is -2.47. The van der Waals surface area contributed by atoms with Crippen LogP contribution in [0.4, 0.5) is 0 Å². The van der Waals surface area contributed by atoms with Crippen molar-refractivity contribution < 1.29 is 19.0 Å². The topological polar surface area (TPSA) is 51.2 Å². The summed E-state index contributed by atoms with van der Waals surface area (Å²) in [6.07, 6.45) is 3.47. The summed E-state index contributed by atoms with van der Waals surface area (Å²) in [5.74, 6) is 2.31. The van der Waals surface area contributed by atoms with E-state index < -0.39 is 0 Å². The van der Waals surface area contributed by atoms with Crippen LogP contribution >= 0.6 is 0 Å². The third kappa shape index (κ3) is 6.49. The fourth-order valence-corrected chi connectivity index (χ4v) is 3.58. The Bertz CT molecular complexity index is 872. The van der Waals surface area contributed by atoms with Crippen LogP contribution in [0.3, 0.4) is 0 Å². The van der Waals surface area contributed by atoms with Crippen molar-refractivity contribution >= 4 is 12.0 Å². The highest BCUT2D eigenvalue weighted by atomic mass is 16.5. The van der Waals surface area contributed by atoms with Crippen LogP contribution in [-0.2, 0) is 11.3 Å². The molecule has 1 aliphatic rings. The lowest BCUT2D eigenvalue weighted by atomic mass is 10.1. The first kappa shape index (κ1) is 22.7. The van der Waals surface area contributed by atoms with Crippen molar-refractivity contribution in [2.45, 2.75) is 20.4 Å². The zero-order valence-corrected chi connectivity index (χ0v) is 18.7. The van der Waals surface area contributed by atoms with Crippen LogP contribution in [0, 0.1) is 0 Å². The van der Waals surface area contributed by atoms with E-state index in [0.29, 0.717) is 24.7 Å². The van der Waals surface area contributed by atoms with E-state index in [1.165, 1.54) is 5.56 Å². The number of hydrogen-bond donors (Lipinski definition) is 0. The largest absolute Gasteiger partial charge is 0.494 e. The molecule has 0 aromatic heterocycles. The Morgan fingerprint density at radius 3 is 2.29 bits per heavy atom. The Morgan fingerprint density at radius 1 is 0.935 bits per heavy atom. The zero-order valence-electron chi connectivity index (χ0n) is 18.7. The fraction of sp³-hybridized carbons (Fsp3) is 0.400. The molecule has 0 unspecified atom stereocenters. The number of benzene rings is 2. The van der Waals surface area contributed by atoms with Crippen LogP contribution in [0.25, 0.3) is 6.08 Å². The van der Waals surface area contributed by atoms with E-state index in [-0.39, 0.29) is 5.91 Å². The van der Waals surface area contributed by atoms with Gasteiger partial charge in [0, 0.05) is 38.8 Å². The van der Waals surface area contributed by atoms with E-state index >= 15 is 0 Å². The number of ether oxygens (including phenoxy) is 3. The van der Waals surface area contributed by atoms with Gasteiger partial charge in [-0.05, 0) is 55.3 Å². The summed E-state index contributed by atoms with van der Waals surface area (Å²) in [7, 11) is 1.62. The van der Waals surface area contributed by atoms with Crippen molar-refractivity contribution in [3.63, 3.8) is 0 Å². The van der Waals surface area contributed by atoms with Gasteiger partial charge < -0.3 is 19.1 Å². The highest BCUT2D eigenvalue weighted by Crippen LogP contribution is 2.28. The van der Waals surface area contributed by atoms with Gasteiger partial charge in [-0.15, -0.1) is 0 Å². The standard InChI is InChI=1S/C25H32N2O4/c1-4-30-22-10-6-21(7-11-22)19-26-14-16-27(17-15-26)25(28)13-9-20-8-12-23(29-3)24(18-20)31-5-2/h6-13,18H,4-5,14-17,19H2,1-3H3/b13-9+. The highest BCUT2D eigenvalue weighted by molar-refractivity contribution is 5.92. The Kier molecular flexibility index (Phi) is 8.35. The van der Waals surface area contributed by atoms with Crippen LogP contribution in [0.15, 0.2) is 48.5 Å². The predicted octanol–water partition coefficient (Wildman–Crippen LogP) is 3.85. The van der Waals surface area contributed by atoms with E-state index in [1.807, 2.05) is 55.2 Å². The van der Waals surface area contributed by atoms with Crippen LogP contribution in [-0.4, -0.2) is 62.2 Å². The maximum Gasteiger partial charge on any atom is 0.246 e. The molecule has 1 fully saturated rings. The van der Waals surface area contributed by atoms with Gasteiger partial charge in [-0.1, -0.05) is 18.2 Å². The molecule has 166 valence electrons. The molecule has 3 rings (SSSR count). The summed E-state index contributed by atoms with van der Waals surface area (Å²) in [5, 5.41) is 0. The van der Waals surface area contributed by atoms with Gasteiger partial charge in [-0.25, -0.2) is 0 Å². The van der Waals surface area contributed by atoms with Gasteiger partial charge in [-0.3, -0.25) is 9.69 Å². The van der Waals surface area contributed by atoms with Gasteiger partial charge >= 0.3 is 0 Å². The predicted molar refractivity (Wildman–Crippen MR) is 123 cm³/mol. The van der Waals surface area contributed by atoms with Gasteiger partial charge in [-0.2, -0.15) is 0 Å². The Hall–Kier alpha value is -2.99. The highest BCUT2D eigenvalue weighted by Gasteiger charge is 2.19. The minimum Gasteiger partial charge on any atom is -0.494 e. The number of nitrogens with zero attached hydrogens (tertiary/aromatic N) is 2. The number of piperazine rings is 1. The molecular formula is C25H32N2O4. The Morgan fingerprint density at radius 2 is 1.65 bits per heavy atom. The quantitative estimate of drug-likeness (QED) is 0.573. The summed E-state index contributed by atoms with van der Waals surface area (Å²) in [5.41, 5.74) is 2.17. The van der Waals surface area contributed by atoms with Crippen molar-refractivity contribution in [2.24, 2.45) is 0 Å². The molecule has 1 amide bonds. The van der Waals surface area contributed by atoms with Crippen molar-refractivity contribution in [3.8, 4) is 17.2 Å². The monoisotopic (exact) mass is 424 g/mol. The van der Waals surface area contributed by atoms with Crippen molar-refractivity contribution in [1.82, 2.24) is 9.80 Å². The average Bonchev–Trinajstić information content (AvgIpc) is 2.80. The molecule has 0 radical (unpaired) electrons. The lowest BCUT2D eigenvalue weighted by molar-refractivity contribution is -0.127. The van der Waals surface area contributed by atoms with Crippen molar-refractivity contribution in [1.29, 1.82) is 0 Å². The van der Waals surface area contributed by atoms with Gasteiger partial charge in [0.2, 0.25) is 5.91 Å². The molecule has 31 heavy (non-hydrogen) atoms. The summed E-state index contributed by atoms with van der Waals surface area (Å²) >= 11 is 0. The summed E-state index contributed by atoms with van der Waals surface area (Å²) in [4.78, 5) is 16.9. The molecule has 0 spiro atoms. The molecule has 0 atom stereocenters. The number of carbonyl (C=O) groups is 1. The molecule has 2 aromatic rings. The summed E-state index contributed by atoms with van der Waals surface area (Å²) < 4.78 is 16.4. The zero-order chi connectivity index (χ0) is 22.1. The maximum atomic E-state index is 12.6. The van der Waals surface area contributed by atoms with Crippen molar-refractivity contribution in [3.05, 3.63) is 59.7 Å². The van der Waals surface area contributed by atoms with Gasteiger partial charge in [0.25, 0.3) is 0 Å². The second-order valence-electron chi connectivity index (χ2n) is 7.36. The number of hydrogen-bond acceptors (Lipinski definition) is 5. The van der Waals surface area contributed by atoms with E-state index in [9.17, 15) is 4.79 Å². The number of amides is 1. The molecule has 0 N–H and O–H groups in total. The van der Waals surface area contributed by atoms with Crippen LogP contribution in [0.1, 0.15) is 25.0 Å². The van der Waals surface area contributed by atoms with Crippen LogP contribution < -0.4 is 14.2 Å². The maximum absolute atomic E-state index is 12.6. The third-order valence-electron chi connectivity index (χ3n) is 5.23. The third-order valence-corrected chi connectivity index (χ3v) is 5.23. The summed E-state index contributed by atoms with van der Waals surface area (Å²) in [6.45, 7) is 9.23. The lowest BCUT2D eigenvalue weighted by Gasteiger charge is -2.34. The van der Waals surface area contributed by atoms with E-state index in [0.717, 1.165) is 44.0 Å². The molecule has 0 aliphatic carbocycles. The Labute approximate surface area is 185 Å². The molecule has 0 saturated carbocycles. The first-order valence-electron chi connectivity index (χ1n) is 10.8. The number of rotatable bonds is 9. The second kappa shape index (κ2) is 11.4. The molecule has 1 saturated heterocycles. The molecule has 2 aromatic carbocycles. The molecule has 0 bridgehead atoms. The summed E-state index contributed by atoms with van der Waals surface area (Å²) in [6, 6.07) is 13.9. The molecular weight excluding hydrogens is 392 g/mol. The molecule has 6 heteroatoms. The SMILES string of the molecule is CCOc1ccc(CN2CCN(C(=O)/C=C/c3ccc(OC)c(OCC)c3)CC2)cc1. The number of methoxy groups -OCH3 is 1. The van der Waals surface area contributed by atoms with Gasteiger partial charge in [0.05, 0.1) is 20.3 Å². The normalized spacial score (nSPS) is 14.6. The second-order valence-corrected chi connectivity index (χ2v) is 7.36. The van der Waals surface area contributed by atoms with E-state index in [2.05, 4.69) is 17.0 Å². The smallest absolute Gasteiger partial charge is 0.246 e.